The average molecular weight is 1260 g/mol. The largest absolute Gasteiger partial charge is 0.490 e. The number of pyridine rings is 2. The van der Waals surface area contributed by atoms with Gasteiger partial charge in [-0.15, -0.1) is 0 Å². The lowest BCUT2D eigenvalue weighted by Crippen LogP contribution is -2.45. The predicted molar refractivity (Wildman–Crippen MR) is 316 cm³/mol. The molecule has 0 atom stereocenters. The van der Waals surface area contributed by atoms with Gasteiger partial charge in [0.05, 0.1) is 34.3 Å². The minimum absolute atomic E-state index is 0.0259. The van der Waals surface area contributed by atoms with Crippen LogP contribution in [0.25, 0.3) is 32.9 Å². The number of amides is 6. The summed E-state index contributed by atoms with van der Waals surface area (Å²) in [4.78, 5) is 85.5. The number of nitrogens with zero attached hydrogens (tertiary/aromatic N) is 6. The third-order valence-corrected chi connectivity index (χ3v) is 14.2. The fraction of sp³-hybridized carbons (Fsp3) is 0.241. The molecule has 4 aromatic carbocycles. The molecule has 0 aliphatic heterocycles. The van der Waals surface area contributed by atoms with Gasteiger partial charge in [-0.1, -0.05) is 75.5 Å². The Morgan fingerprint density at radius 2 is 1.07 bits per heavy atom. The van der Waals surface area contributed by atoms with Gasteiger partial charge in [0.2, 0.25) is 35.5 Å². The van der Waals surface area contributed by atoms with Gasteiger partial charge in [0.1, 0.15) is 24.7 Å². The van der Waals surface area contributed by atoms with Gasteiger partial charge in [-0.2, -0.15) is 8.78 Å². The van der Waals surface area contributed by atoms with E-state index >= 15 is 0 Å². The third-order valence-electron chi connectivity index (χ3n) is 13.1. The molecular weight excluding hydrogens is 1200 g/mol. The van der Waals surface area contributed by atoms with E-state index in [9.17, 15) is 46.3 Å². The Morgan fingerprint density at radius 3 is 1.50 bits per heavy atom. The normalized spacial score (nSPS) is 11.0. The molecule has 0 radical (unpaired) electrons. The lowest BCUT2D eigenvalue weighted by atomic mass is 9.81. The maximum Gasteiger partial charge on any atom is 0.490 e. The van der Waals surface area contributed by atoms with Gasteiger partial charge >= 0.3 is 7.12 Å². The maximum atomic E-state index is 14.2. The van der Waals surface area contributed by atoms with Crippen LogP contribution in [0.15, 0.2) is 114 Å². The second kappa shape index (κ2) is 28.9. The molecule has 0 saturated carbocycles. The van der Waals surface area contributed by atoms with Gasteiger partial charge in [0.15, 0.2) is 0 Å². The van der Waals surface area contributed by atoms with Crippen molar-refractivity contribution >= 4 is 109 Å². The first-order valence-electron chi connectivity index (χ1n) is 25.7. The van der Waals surface area contributed by atoms with E-state index in [1.165, 1.54) is 65.6 Å². The van der Waals surface area contributed by atoms with E-state index in [2.05, 4.69) is 36.5 Å². The van der Waals surface area contributed by atoms with Crippen molar-refractivity contribution < 1.29 is 56.4 Å². The second-order valence-corrected chi connectivity index (χ2v) is 21.5. The van der Waals surface area contributed by atoms with Crippen molar-refractivity contribution in [3.63, 3.8) is 0 Å². The van der Waals surface area contributed by atoms with E-state index in [1.54, 1.807) is 98.4 Å². The number of rotatable bonds is 18. The fourth-order valence-corrected chi connectivity index (χ4v) is 9.36. The molecule has 0 fully saturated rings. The lowest BCUT2D eigenvalue weighted by Gasteiger charge is -2.26. The number of aromatic nitrogens is 4. The quantitative estimate of drug-likeness (QED) is 0.0278. The highest BCUT2D eigenvalue weighted by atomic mass is 79.9. The molecule has 84 heavy (non-hydrogen) atoms. The van der Waals surface area contributed by atoms with E-state index in [4.69, 9.17) is 44.7 Å². The minimum atomic E-state index is -1.58. The number of nitrogens with one attached hydrogen (secondary N) is 2. The fourth-order valence-electron chi connectivity index (χ4n) is 8.61. The molecule has 8 aromatic rings. The van der Waals surface area contributed by atoms with E-state index in [1.807, 2.05) is 0 Å². The summed E-state index contributed by atoms with van der Waals surface area (Å²) in [5, 5.41) is 23.6. The van der Waals surface area contributed by atoms with Crippen molar-refractivity contribution in [2.24, 2.45) is 11.5 Å². The number of hydrogen-bond donors (Lipinski definition) is 6. The molecule has 0 aliphatic carbocycles. The standard InChI is InChI=1S/C29H28ClF2N5O3.C23H23BrClFN4O3.C6H7BFNO2/c1-16(2)37(14-25(38)34-11-19-5-4-6-23(30)27(19)31)26(39)15-36-13-22(29(33)40)21-10-18(7-8-24(21)36)20-9-17(3)28(32)35-12-20;1-13(2)30(11-20(31)28-9-14-4-3-5-18(25)22(14)26)21(32)12-29-10-17(23(27)33)16-8-15(24)6-7-19(16)29;1-4-2-5(7(10)11)3-9-6(4)8/h4-10,12-13,16H,11,14-15H2,1-3H3,(H2,33,40)(H,34,38);3-8,10,13H,9,11-12H2,1-2H3,(H2,27,33)(H,28,31);2-3,10-11H,1H3. The van der Waals surface area contributed by atoms with Crippen LogP contribution in [0.4, 0.5) is 17.6 Å². The van der Waals surface area contributed by atoms with Crippen LogP contribution in [-0.2, 0) is 45.4 Å². The van der Waals surface area contributed by atoms with Crippen molar-refractivity contribution in [2.45, 2.75) is 79.8 Å². The van der Waals surface area contributed by atoms with Crippen LogP contribution in [-0.4, -0.2) is 107 Å². The molecule has 4 heterocycles. The predicted octanol–water partition coefficient (Wildman–Crippen LogP) is 7.65. The van der Waals surface area contributed by atoms with Crippen LogP contribution in [0.5, 0.6) is 0 Å². The van der Waals surface area contributed by atoms with E-state index in [0.717, 1.165) is 10.7 Å². The minimum Gasteiger partial charge on any atom is -0.423 e. The topological polar surface area (TPSA) is 261 Å². The number of nitrogens with two attached hydrogens (primary N) is 2. The van der Waals surface area contributed by atoms with Gasteiger partial charge in [0.25, 0.3) is 11.8 Å². The van der Waals surface area contributed by atoms with Gasteiger partial charge < -0.3 is 51.1 Å². The molecule has 26 heteroatoms. The molecule has 18 nitrogen and oxygen atoms in total. The summed E-state index contributed by atoms with van der Waals surface area (Å²) in [5.74, 6) is -5.21. The number of aryl methyl sites for hydroxylation is 2. The number of benzene rings is 4. The molecule has 0 aliphatic rings. The lowest BCUT2D eigenvalue weighted by molar-refractivity contribution is -0.138. The molecule has 8 N–H and O–H groups in total. The van der Waals surface area contributed by atoms with Crippen molar-refractivity contribution in [3.8, 4) is 11.1 Å². The highest BCUT2D eigenvalue weighted by molar-refractivity contribution is 9.10. The molecule has 0 unspecified atom stereocenters. The molecular formula is C58H58BBrCl2F4N10O8. The number of halogens is 7. The summed E-state index contributed by atoms with van der Waals surface area (Å²) < 4.78 is 58.4. The zero-order chi connectivity index (χ0) is 61.9. The first-order valence-corrected chi connectivity index (χ1v) is 27.3. The smallest absolute Gasteiger partial charge is 0.423 e. The van der Waals surface area contributed by atoms with Crippen molar-refractivity contribution in [2.75, 3.05) is 13.1 Å². The molecule has 4 aromatic heterocycles. The van der Waals surface area contributed by atoms with E-state index in [0.29, 0.717) is 49.6 Å². The zero-order valence-corrected chi connectivity index (χ0v) is 49.3. The molecule has 440 valence electrons. The number of carbonyl (C=O) groups excluding carboxylic acids is 6. The third kappa shape index (κ3) is 16.6. The summed E-state index contributed by atoms with van der Waals surface area (Å²) in [6, 6.07) is 22.1. The Labute approximate surface area is 499 Å². The van der Waals surface area contributed by atoms with E-state index < -0.39 is 54.3 Å². The Bertz CT molecular complexity index is 3790. The van der Waals surface area contributed by atoms with E-state index in [-0.39, 0.29) is 95.4 Å². The summed E-state index contributed by atoms with van der Waals surface area (Å²) in [7, 11) is -1.58. The second-order valence-electron chi connectivity index (χ2n) is 19.8. The summed E-state index contributed by atoms with van der Waals surface area (Å²) in [6.07, 6.45) is 5.54. The van der Waals surface area contributed by atoms with Crippen LogP contribution in [0.3, 0.4) is 0 Å². The number of hydrogen-bond acceptors (Lipinski definition) is 10. The SMILES string of the molecule is CC(C)N(CC(=O)NCc1cccc(Cl)c1F)C(=O)Cn1cc(C(N)=O)c2cc(Br)ccc21.Cc1cc(-c2ccc3c(c2)c(C(N)=O)cn3CC(=O)N(CC(=O)NCc2cccc(Cl)c2F)C(C)C)cnc1F.Cc1cc(B(O)O)cnc1F. The Kier molecular flexibility index (Phi) is 22.4. The molecule has 8 rings (SSSR count). The Morgan fingerprint density at radius 1 is 0.631 bits per heavy atom. The van der Waals surface area contributed by atoms with Crippen LogP contribution in [0.1, 0.15) is 70.7 Å². The molecule has 0 saturated heterocycles. The molecule has 6 amide bonds. The molecule has 0 spiro atoms. The van der Waals surface area contributed by atoms with Gasteiger partial charge in [-0.05, 0) is 95.6 Å². The first kappa shape index (κ1) is 65.0. The van der Waals surface area contributed by atoms with Crippen LogP contribution in [0, 0.1) is 37.4 Å². The monoisotopic (exact) mass is 1260 g/mol. The van der Waals surface area contributed by atoms with Crippen LogP contribution < -0.4 is 27.6 Å². The average Bonchev–Trinajstić information content (AvgIpc) is 3.55. The highest BCUT2D eigenvalue weighted by Gasteiger charge is 2.25. The van der Waals surface area contributed by atoms with Crippen LogP contribution in [0.2, 0.25) is 10.0 Å². The highest BCUT2D eigenvalue weighted by Crippen LogP contribution is 2.30. The number of primary amides is 2. The van der Waals surface area contributed by atoms with Gasteiger partial charge in [-0.25, -0.2) is 18.7 Å². The Balaban J connectivity index is 0.000000231. The molecule has 0 bridgehead atoms. The van der Waals surface area contributed by atoms with Crippen LogP contribution >= 0.6 is 39.1 Å². The van der Waals surface area contributed by atoms with Crippen molar-refractivity contribution in [3.05, 3.63) is 181 Å². The number of carbonyl (C=O) groups is 6. The van der Waals surface area contributed by atoms with Gasteiger partial charge in [0, 0.05) is 110 Å². The summed E-state index contributed by atoms with van der Waals surface area (Å²) in [5.41, 5.74) is 15.6. The van der Waals surface area contributed by atoms with Gasteiger partial charge in [-0.3, -0.25) is 28.8 Å². The summed E-state index contributed by atoms with van der Waals surface area (Å²) in [6.45, 7) is 9.42. The number of fused-ring (bicyclic) bond motifs is 2. The first-order chi connectivity index (χ1) is 39.6. The Hall–Kier alpha value is -8.16. The zero-order valence-electron chi connectivity index (χ0n) is 46.2. The van der Waals surface area contributed by atoms with Crippen molar-refractivity contribution in [1.82, 2.24) is 39.5 Å². The maximum absolute atomic E-state index is 14.2. The van der Waals surface area contributed by atoms with Crippen molar-refractivity contribution in [1.29, 1.82) is 0 Å². The summed E-state index contributed by atoms with van der Waals surface area (Å²) >= 11 is 14.9.